The summed E-state index contributed by atoms with van der Waals surface area (Å²) in [6.07, 6.45) is -0.723. The van der Waals surface area contributed by atoms with Gasteiger partial charge in [-0.25, -0.2) is 14.4 Å². The number of nitro groups is 1. The molecule has 0 bridgehead atoms. The molecular weight excluding hydrogens is 439 g/mol. The third kappa shape index (κ3) is 3.61. The maximum Gasteiger partial charge on any atom is 0.272 e. The highest BCUT2D eigenvalue weighted by Crippen LogP contribution is 2.36. The zero-order chi connectivity index (χ0) is 24.0. The summed E-state index contributed by atoms with van der Waals surface area (Å²) >= 11 is 0. The summed E-state index contributed by atoms with van der Waals surface area (Å²) in [6.45, 7) is 10.1. The van der Waals surface area contributed by atoms with Gasteiger partial charge in [-0.2, -0.15) is 0 Å². The molecule has 0 spiro atoms. The lowest BCUT2D eigenvalue weighted by Crippen LogP contribution is -2.52. The molecule has 1 amide bonds. The number of likely N-dealkylation sites (N-methyl/N-ethyl adjacent to an activating group) is 1. The monoisotopic (exact) mass is 462 g/mol. The first kappa shape index (κ1) is 22.1. The van der Waals surface area contributed by atoms with Crippen LogP contribution in [0.25, 0.3) is 0 Å². The molecule has 1 unspecified atom stereocenters. The van der Waals surface area contributed by atoms with E-state index in [1.807, 2.05) is 4.90 Å². The number of carbonyl (C=O) groups excluding carboxylic acids is 1. The Kier molecular flexibility index (Phi) is 5.54. The summed E-state index contributed by atoms with van der Waals surface area (Å²) in [5.74, 6) is -0.538. The number of nitro benzene ring substituents is 1. The fourth-order valence-electron chi connectivity index (χ4n) is 4.57. The Balaban J connectivity index is 1.63. The van der Waals surface area contributed by atoms with E-state index in [1.165, 1.54) is 29.2 Å². The summed E-state index contributed by atoms with van der Waals surface area (Å²) < 4.78 is 14.8. The van der Waals surface area contributed by atoms with Crippen molar-refractivity contribution in [3.63, 3.8) is 0 Å². The molecule has 3 aliphatic rings. The number of piperazine rings is 1. The van der Waals surface area contributed by atoms with Crippen LogP contribution in [0.15, 0.2) is 64.7 Å². The van der Waals surface area contributed by atoms with Crippen LogP contribution in [-0.2, 0) is 4.79 Å². The molecule has 0 radical (unpaired) electrons. The first-order valence-electron chi connectivity index (χ1n) is 11.1. The Labute approximate surface area is 195 Å². The number of nitrogens with zero attached hydrogens (tertiary/aromatic N) is 6. The number of rotatable bonds is 4. The summed E-state index contributed by atoms with van der Waals surface area (Å²) in [7, 11) is 0. The molecule has 3 aliphatic heterocycles. The highest BCUT2D eigenvalue weighted by atomic mass is 19.1. The Hall–Kier alpha value is -3.76. The van der Waals surface area contributed by atoms with E-state index >= 15 is 0 Å². The van der Waals surface area contributed by atoms with Gasteiger partial charge in [0, 0.05) is 49.4 Å². The Morgan fingerprint density at radius 2 is 1.88 bits per heavy atom. The SMILES string of the molecule is C=C1N=C(c2ccccc2F)c2cc([N+](=O)[O-])ccc2N2C(=O)C(N3CCN(CC)CC3)N=C12. The number of hydrogen-bond acceptors (Lipinski definition) is 7. The van der Waals surface area contributed by atoms with Crippen molar-refractivity contribution in [2.75, 3.05) is 37.6 Å². The van der Waals surface area contributed by atoms with Gasteiger partial charge in [0.05, 0.1) is 22.0 Å². The minimum absolute atomic E-state index is 0.159. The van der Waals surface area contributed by atoms with Gasteiger partial charge < -0.3 is 4.90 Å². The third-order valence-corrected chi connectivity index (χ3v) is 6.42. The first-order chi connectivity index (χ1) is 16.4. The molecule has 0 N–H and O–H groups in total. The average molecular weight is 462 g/mol. The minimum Gasteiger partial charge on any atom is -0.301 e. The van der Waals surface area contributed by atoms with E-state index in [0.29, 0.717) is 18.8 Å². The van der Waals surface area contributed by atoms with Crippen molar-refractivity contribution in [1.82, 2.24) is 9.80 Å². The third-order valence-electron chi connectivity index (χ3n) is 6.42. The van der Waals surface area contributed by atoms with Crippen LogP contribution in [0.2, 0.25) is 0 Å². The molecule has 2 aromatic rings. The molecular formula is C24H23FN6O3. The lowest BCUT2D eigenvalue weighted by molar-refractivity contribution is -0.384. The number of halogens is 1. The second-order valence-electron chi connectivity index (χ2n) is 8.32. The molecule has 174 valence electrons. The molecule has 9 nitrogen and oxygen atoms in total. The van der Waals surface area contributed by atoms with Gasteiger partial charge in [-0.1, -0.05) is 25.6 Å². The van der Waals surface area contributed by atoms with Crippen molar-refractivity contribution < 1.29 is 14.1 Å². The standard InChI is InChI=1S/C24H23FN6O3/c1-3-28-10-12-29(13-11-28)23-24(32)30-20-9-8-16(31(33)34)14-18(20)21(26-15(2)22(30)27-23)17-6-4-5-7-19(17)25/h4-9,14,23H,2-3,10-13H2,1H3. The lowest BCUT2D eigenvalue weighted by Gasteiger charge is -2.35. The number of hydrogen-bond donors (Lipinski definition) is 0. The maximum absolute atomic E-state index is 14.8. The Morgan fingerprint density at radius 3 is 2.56 bits per heavy atom. The summed E-state index contributed by atoms with van der Waals surface area (Å²) in [5.41, 5.74) is 0.972. The van der Waals surface area contributed by atoms with Crippen molar-refractivity contribution in [2.24, 2.45) is 9.98 Å². The number of non-ortho nitro benzene ring substituents is 1. The molecule has 34 heavy (non-hydrogen) atoms. The van der Waals surface area contributed by atoms with Crippen LogP contribution in [-0.4, -0.2) is 71.1 Å². The molecule has 0 aliphatic carbocycles. The number of carbonyl (C=O) groups is 1. The van der Waals surface area contributed by atoms with Crippen molar-refractivity contribution in [3.05, 3.63) is 81.8 Å². The van der Waals surface area contributed by atoms with Crippen LogP contribution in [0, 0.1) is 15.9 Å². The van der Waals surface area contributed by atoms with Crippen molar-refractivity contribution >= 4 is 28.8 Å². The predicted molar refractivity (Wildman–Crippen MR) is 127 cm³/mol. The number of anilines is 1. The van der Waals surface area contributed by atoms with Gasteiger partial charge in [0.25, 0.3) is 11.6 Å². The number of aliphatic imine (C=N–C) groups is 2. The summed E-state index contributed by atoms with van der Waals surface area (Å²) in [6, 6.07) is 10.2. The van der Waals surface area contributed by atoms with Gasteiger partial charge in [0.15, 0.2) is 12.0 Å². The molecule has 1 atom stereocenters. The second-order valence-corrected chi connectivity index (χ2v) is 8.32. The van der Waals surface area contributed by atoms with Crippen LogP contribution >= 0.6 is 0 Å². The summed E-state index contributed by atoms with van der Waals surface area (Å²) in [4.78, 5) is 39.6. The van der Waals surface area contributed by atoms with Crippen LogP contribution in [0.4, 0.5) is 15.8 Å². The van der Waals surface area contributed by atoms with E-state index in [-0.39, 0.29) is 40.0 Å². The molecule has 0 aromatic heterocycles. The highest BCUT2D eigenvalue weighted by Gasteiger charge is 2.43. The van der Waals surface area contributed by atoms with Gasteiger partial charge in [-0.05, 0) is 24.7 Å². The molecule has 3 heterocycles. The highest BCUT2D eigenvalue weighted by molar-refractivity contribution is 6.33. The van der Waals surface area contributed by atoms with Gasteiger partial charge in [0.2, 0.25) is 0 Å². The summed E-state index contributed by atoms with van der Waals surface area (Å²) in [5, 5.41) is 11.5. The van der Waals surface area contributed by atoms with Crippen molar-refractivity contribution in [3.8, 4) is 0 Å². The molecule has 2 aromatic carbocycles. The van der Waals surface area contributed by atoms with E-state index in [9.17, 15) is 19.3 Å². The average Bonchev–Trinajstić information content (AvgIpc) is 3.13. The number of amides is 1. The Bertz CT molecular complexity index is 1270. The number of amidine groups is 1. The Morgan fingerprint density at radius 1 is 1.15 bits per heavy atom. The zero-order valence-corrected chi connectivity index (χ0v) is 18.6. The fraction of sp³-hybridized carbons (Fsp3) is 0.292. The van der Waals surface area contributed by atoms with Crippen LogP contribution < -0.4 is 4.90 Å². The second kappa shape index (κ2) is 8.54. The van der Waals surface area contributed by atoms with Crippen LogP contribution in [0.3, 0.4) is 0 Å². The molecule has 0 saturated carbocycles. The maximum atomic E-state index is 14.8. The van der Waals surface area contributed by atoms with Gasteiger partial charge in [-0.15, -0.1) is 0 Å². The number of benzene rings is 2. The van der Waals surface area contributed by atoms with E-state index in [1.54, 1.807) is 18.2 Å². The molecule has 1 saturated heterocycles. The van der Waals surface area contributed by atoms with Gasteiger partial charge >= 0.3 is 0 Å². The van der Waals surface area contributed by atoms with Crippen LogP contribution in [0.5, 0.6) is 0 Å². The zero-order valence-electron chi connectivity index (χ0n) is 18.6. The quantitative estimate of drug-likeness (QED) is 0.515. The topological polar surface area (TPSA) is 94.6 Å². The van der Waals surface area contributed by atoms with E-state index in [2.05, 4.69) is 28.4 Å². The molecule has 1 fully saturated rings. The fourth-order valence-corrected chi connectivity index (χ4v) is 4.57. The van der Waals surface area contributed by atoms with Crippen LogP contribution in [0.1, 0.15) is 18.1 Å². The van der Waals surface area contributed by atoms with Gasteiger partial charge in [0.1, 0.15) is 5.82 Å². The number of fused-ring (bicyclic) bond motifs is 3. The molecule has 5 rings (SSSR count). The largest absolute Gasteiger partial charge is 0.301 e. The van der Waals surface area contributed by atoms with Gasteiger partial charge in [-0.3, -0.25) is 24.7 Å². The minimum atomic E-state index is -0.723. The van der Waals surface area contributed by atoms with E-state index in [0.717, 1.165) is 19.6 Å². The normalized spacial score (nSPS) is 21.0. The predicted octanol–water partition coefficient (Wildman–Crippen LogP) is 2.81. The van der Waals surface area contributed by atoms with Crippen molar-refractivity contribution in [2.45, 2.75) is 13.1 Å². The van der Waals surface area contributed by atoms with E-state index < -0.39 is 16.9 Å². The first-order valence-corrected chi connectivity index (χ1v) is 11.1. The van der Waals surface area contributed by atoms with E-state index in [4.69, 9.17) is 0 Å². The smallest absolute Gasteiger partial charge is 0.272 e. The molecule has 10 heteroatoms. The lowest BCUT2D eigenvalue weighted by atomic mass is 9.99. The van der Waals surface area contributed by atoms with Crippen molar-refractivity contribution in [1.29, 1.82) is 0 Å².